The minimum atomic E-state index is -0.708. The lowest BCUT2D eigenvalue weighted by Crippen LogP contribution is -2.32. The summed E-state index contributed by atoms with van der Waals surface area (Å²) < 4.78 is 6.62. The Morgan fingerprint density at radius 3 is 3.00 bits per heavy atom. The van der Waals surface area contributed by atoms with E-state index in [-0.39, 0.29) is 12.2 Å². The van der Waals surface area contributed by atoms with Crippen LogP contribution in [0.1, 0.15) is 23.8 Å². The van der Waals surface area contributed by atoms with Crippen LogP contribution in [0.4, 0.5) is 0 Å². The average Bonchev–Trinajstić information content (AvgIpc) is 2.70. The summed E-state index contributed by atoms with van der Waals surface area (Å²) in [5, 5.41) is 4.03. The third-order valence-corrected chi connectivity index (χ3v) is 2.23. The number of carbonyl (C=O) groups excluding carboxylic acids is 1. The van der Waals surface area contributed by atoms with Crippen LogP contribution in [0.25, 0.3) is 0 Å². The van der Waals surface area contributed by atoms with Crippen LogP contribution in [0.3, 0.4) is 0 Å². The van der Waals surface area contributed by atoms with Gasteiger partial charge >= 0.3 is 0 Å². The first kappa shape index (κ1) is 12.3. The van der Waals surface area contributed by atoms with E-state index in [1.165, 1.54) is 13.3 Å². The highest BCUT2D eigenvalue weighted by Crippen LogP contribution is 2.19. The number of hydrogen-bond donors (Lipinski definition) is 1. The molecule has 0 saturated heterocycles. The molecule has 0 saturated carbocycles. The van der Waals surface area contributed by atoms with Crippen molar-refractivity contribution in [3.05, 3.63) is 11.9 Å². The number of Topliss-reactive ketones (excluding diaryl/α,β-unsaturated/α-hetero) is 1. The van der Waals surface area contributed by atoms with Gasteiger partial charge in [0.25, 0.3) is 0 Å². The van der Waals surface area contributed by atoms with Gasteiger partial charge in [-0.3, -0.25) is 9.48 Å². The van der Waals surface area contributed by atoms with Gasteiger partial charge < -0.3 is 10.5 Å². The second-order valence-electron chi connectivity index (χ2n) is 3.26. The molecule has 0 fully saturated rings. The summed E-state index contributed by atoms with van der Waals surface area (Å²) in [5.41, 5.74) is 6.06. The lowest BCUT2D eigenvalue weighted by molar-refractivity contribution is 0.0949. The Balaban J connectivity index is 3.06. The van der Waals surface area contributed by atoms with Crippen LogP contribution in [0.2, 0.25) is 0 Å². The van der Waals surface area contributed by atoms with Crippen molar-refractivity contribution < 1.29 is 9.53 Å². The van der Waals surface area contributed by atoms with Crippen molar-refractivity contribution in [1.29, 1.82) is 0 Å². The van der Waals surface area contributed by atoms with E-state index in [1.807, 2.05) is 6.92 Å². The topological polar surface area (TPSA) is 70.1 Å². The van der Waals surface area contributed by atoms with Crippen molar-refractivity contribution in [2.24, 2.45) is 5.73 Å². The zero-order valence-corrected chi connectivity index (χ0v) is 9.43. The van der Waals surface area contributed by atoms with Gasteiger partial charge in [0, 0.05) is 13.0 Å². The number of terminal acetylenes is 1. The number of ether oxygens (including phenoxy) is 1. The molecule has 0 aliphatic rings. The third kappa shape index (κ3) is 2.23. The van der Waals surface area contributed by atoms with Crippen LogP contribution in [-0.4, -0.2) is 28.7 Å². The van der Waals surface area contributed by atoms with E-state index in [0.29, 0.717) is 18.0 Å². The highest BCUT2D eigenvalue weighted by atomic mass is 16.5. The minimum absolute atomic E-state index is 0.205. The van der Waals surface area contributed by atoms with E-state index >= 15 is 0 Å². The van der Waals surface area contributed by atoms with Gasteiger partial charge in [-0.1, -0.05) is 0 Å². The maximum Gasteiger partial charge on any atom is 0.202 e. The van der Waals surface area contributed by atoms with Crippen LogP contribution in [0, 0.1) is 12.3 Å². The van der Waals surface area contributed by atoms with E-state index in [2.05, 4.69) is 11.0 Å². The second-order valence-corrected chi connectivity index (χ2v) is 3.26. The molecule has 1 aromatic heterocycles. The van der Waals surface area contributed by atoms with Crippen LogP contribution in [0.5, 0.6) is 5.75 Å². The maximum absolute atomic E-state index is 12.0. The number of rotatable bonds is 5. The van der Waals surface area contributed by atoms with Crippen molar-refractivity contribution in [3.8, 4) is 18.1 Å². The Morgan fingerprint density at radius 2 is 2.50 bits per heavy atom. The fourth-order valence-electron chi connectivity index (χ4n) is 1.40. The Bertz CT molecular complexity index is 396. The average molecular weight is 221 g/mol. The zero-order chi connectivity index (χ0) is 12.1. The summed E-state index contributed by atoms with van der Waals surface area (Å²) in [6.45, 7) is 2.46. The van der Waals surface area contributed by atoms with Crippen LogP contribution < -0.4 is 10.5 Å². The largest absolute Gasteiger partial charge is 0.493 e. The first-order valence-corrected chi connectivity index (χ1v) is 4.98. The molecule has 1 aromatic rings. The Hall–Kier alpha value is -1.80. The molecule has 16 heavy (non-hydrogen) atoms. The molecule has 1 atom stereocenters. The Kier molecular flexibility index (Phi) is 4.09. The molecule has 1 heterocycles. The van der Waals surface area contributed by atoms with Crippen molar-refractivity contribution in [2.75, 3.05) is 7.11 Å². The van der Waals surface area contributed by atoms with Crippen LogP contribution in [0.15, 0.2) is 6.20 Å². The summed E-state index contributed by atoms with van der Waals surface area (Å²) in [6.07, 6.45) is 6.83. The quantitative estimate of drug-likeness (QED) is 0.578. The minimum Gasteiger partial charge on any atom is -0.493 e. The van der Waals surface area contributed by atoms with Gasteiger partial charge in [-0.15, -0.1) is 12.3 Å². The van der Waals surface area contributed by atoms with E-state index in [9.17, 15) is 4.79 Å². The molecular weight excluding hydrogens is 206 g/mol. The molecular formula is C11H15N3O2. The van der Waals surface area contributed by atoms with Gasteiger partial charge in [-0.25, -0.2) is 0 Å². The van der Waals surface area contributed by atoms with Gasteiger partial charge in [0.05, 0.1) is 19.3 Å². The molecule has 0 amide bonds. The predicted octanol–water partition coefficient (Wildman–Crippen LogP) is 0.445. The van der Waals surface area contributed by atoms with Gasteiger partial charge in [0.15, 0.2) is 5.75 Å². The molecule has 0 aliphatic heterocycles. The van der Waals surface area contributed by atoms with E-state index in [0.717, 1.165) is 0 Å². The molecule has 2 N–H and O–H groups in total. The number of hydrogen-bond acceptors (Lipinski definition) is 4. The summed E-state index contributed by atoms with van der Waals surface area (Å²) in [6, 6.07) is -0.708. The Morgan fingerprint density at radius 1 is 1.81 bits per heavy atom. The summed E-state index contributed by atoms with van der Waals surface area (Å²) in [5.74, 6) is 2.56. The number of nitrogens with zero attached hydrogens (tertiary/aromatic N) is 2. The number of aromatic nitrogens is 2. The molecule has 1 unspecified atom stereocenters. The van der Waals surface area contributed by atoms with Crippen LogP contribution in [-0.2, 0) is 6.54 Å². The molecule has 0 aromatic carbocycles. The maximum atomic E-state index is 12.0. The highest BCUT2D eigenvalue weighted by molar-refractivity contribution is 6.00. The molecule has 1 rings (SSSR count). The number of ketones is 1. The van der Waals surface area contributed by atoms with Crippen molar-refractivity contribution in [3.63, 3.8) is 0 Å². The summed E-state index contributed by atoms with van der Waals surface area (Å²) >= 11 is 0. The molecule has 0 radical (unpaired) electrons. The third-order valence-electron chi connectivity index (χ3n) is 2.23. The molecule has 86 valence electrons. The van der Waals surface area contributed by atoms with Gasteiger partial charge in [-0.2, -0.15) is 5.10 Å². The fourth-order valence-corrected chi connectivity index (χ4v) is 1.40. The molecule has 5 heteroatoms. The monoisotopic (exact) mass is 221 g/mol. The fraction of sp³-hybridized carbons (Fsp3) is 0.455. The van der Waals surface area contributed by atoms with Gasteiger partial charge in [-0.05, 0) is 6.92 Å². The van der Waals surface area contributed by atoms with E-state index < -0.39 is 6.04 Å². The molecule has 0 bridgehead atoms. The molecule has 0 spiro atoms. The molecule has 5 nitrogen and oxygen atoms in total. The SMILES string of the molecule is C#CCC(N)C(=O)c1c(OC)cnn1CC. The number of aryl methyl sites for hydroxylation is 1. The van der Waals surface area contributed by atoms with Crippen molar-refractivity contribution in [2.45, 2.75) is 25.9 Å². The standard InChI is InChI=1S/C11H15N3O2/c1-4-6-8(12)11(15)10-9(16-3)7-13-14(10)5-2/h1,7-8H,5-6,12H2,2-3H3. The van der Waals surface area contributed by atoms with E-state index in [1.54, 1.807) is 4.68 Å². The summed E-state index contributed by atoms with van der Waals surface area (Å²) in [7, 11) is 1.49. The Labute approximate surface area is 94.6 Å². The number of carbonyl (C=O) groups is 1. The van der Waals surface area contributed by atoms with E-state index in [4.69, 9.17) is 16.9 Å². The van der Waals surface area contributed by atoms with Crippen molar-refractivity contribution >= 4 is 5.78 Å². The first-order chi connectivity index (χ1) is 7.65. The second kappa shape index (κ2) is 5.33. The van der Waals surface area contributed by atoms with Gasteiger partial charge in [0.1, 0.15) is 5.69 Å². The lowest BCUT2D eigenvalue weighted by atomic mass is 10.1. The molecule has 0 aliphatic carbocycles. The number of methoxy groups -OCH3 is 1. The first-order valence-electron chi connectivity index (χ1n) is 4.98. The lowest BCUT2D eigenvalue weighted by Gasteiger charge is -2.10. The number of nitrogens with two attached hydrogens (primary N) is 1. The van der Waals surface area contributed by atoms with Crippen molar-refractivity contribution in [1.82, 2.24) is 9.78 Å². The zero-order valence-electron chi connectivity index (χ0n) is 9.43. The smallest absolute Gasteiger partial charge is 0.202 e. The predicted molar refractivity (Wildman–Crippen MR) is 60.2 cm³/mol. The summed E-state index contributed by atoms with van der Waals surface area (Å²) in [4.78, 5) is 12.0. The van der Waals surface area contributed by atoms with Crippen LogP contribution >= 0.6 is 0 Å². The highest BCUT2D eigenvalue weighted by Gasteiger charge is 2.23. The van der Waals surface area contributed by atoms with Gasteiger partial charge in [0.2, 0.25) is 5.78 Å². The normalized spacial score (nSPS) is 11.9.